The van der Waals surface area contributed by atoms with Crippen LogP contribution in [0.3, 0.4) is 0 Å². The van der Waals surface area contributed by atoms with E-state index in [4.69, 9.17) is 9.47 Å². The third-order valence-electron chi connectivity index (χ3n) is 3.61. The van der Waals surface area contributed by atoms with Crippen molar-refractivity contribution in [2.24, 2.45) is 5.92 Å². The summed E-state index contributed by atoms with van der Waals surface area (Å²) in [6, 6.07) is 5.00. The molecule has 0 saturated heterocycles. The van der Waals surface area contributed by atoms with Gasteiger partial charge in [0.1, 0.15) is 17.7 Å². The van der Waals surface area contributed by atoms with E-state index < -0.39 is 0 Å². The molecule has 0 amide bonds. The standard InChI is InChI=1S/C15H22FNO2/c1-4-17-13-8-14(10(2)9-18-3)19-15-7-11(16)5-6-12(13)15/h5-7,10,13-14,17H,4,8-9H2,1-3H3. The molecular formula is C15H22FNO2. The molecule has 19 heavy (non-hydrogen) atoms. The third-order valence-corrected chi connectivity index (χ3v) is 3.61. The fourth-order valence-corrected chi connectivity index (χ4v) is 2.63. The van der Waals surface area contributed by atoms with Crippen molar-refractivity contribution in [1.82, 2.24) is 5.32 Å². The quantitative estimate of drug-likeness (QED) is 0.889. The summed E-state index contributed by atoms with van der Waals surface area (Å²) >= 11 is 0. The summed E-state index contributed by atoms with van der Waals surface area (Å²) in [5.41, 5.74) is 1.05. The first-order valence-corrected chi connectivity index (χ1v) is 6.84. The SMILES string of the molecule is CCNC1CC(C(C)COC)Oc2cc(F)ccc21. The van der Waals surface area contributed by atoms with Gasteiger partial charge in [-0.1, -0.05) is 19.9 Å². The van der Waals surface area contributed by atoms with Crippen LogP contribution in [0.15, 0.2) is 18.2 Å². The Bertz CT molecular complexity index is 425. The van der Waals surface area contributed by atoms with E-state index in [1.54, 1.807) is 7.11 Å². The van der Waals surface area contributed by atoms with Crippen molar-refractivity contribution in [3.8, 4) is 5.75 Å². The molecule has 4 heteroatoms. The van der Waals surface area contributed by atoms with Crippen LogP contribution >= 0.6 is 0 Å². The zero-order chi connectivity index (χ0) is 13.8. The third kappa shape index (κ3) is 3.25. The van der Waals surface area contributed by atoms with E-state index in [2.05, 4.69) is 19.2 Å². The monoisotopic (exact) mass is 267 g/mol. The molecule has 1 heterocycles. The molecule has 0 radical (unpaired) electrons. The lowest BCUT2D eigenvalue weighted by atomic mass is 9.91. The fourth-order valence-electron chi connectivity index (χ4n) is 2.63. The van der Waals surface area contributed by atoms with Crippen LogP contribution in [0, 0.1) is 11.7 Å². The van der Waals surface area contributed by atoms with E-state index in [9.17, 15) is 4.39 Å². The minimum Gasteiger partial charge on any atom is -0.490 e. The smallest absolute Gasteiger partial charge is 0.127 e. The molecule has 0 saturated carbocycles. The van der Waals surface area contributed by atoms with E-state index in [-0.39, 0.29) is 23.9 Å². The van der Waals surface area contributed by atoms with Gasteiger partial charge in [0.05, 0.1) is 6.61 Å². The van der Waals surface area contributed by atoms with Crippen molar-refractivity contribution in [3.63, 3.8) is 0 Å². The van der Waals surface area contributed by atoms with Crippen LogP contribution in [0.4, 0.5) is 4.39 Å². The molecule has 3 atom stereocenters. The molecule has 0 bridgehead atoms. The van der Waals surface area contributed by atoms with Gasteiger partial charge in [-0.2, -0.15) is 0 Å². The molecule has 0 aromatic heterocycles. The Morgan fingerprint density at radius 2 is 2.32 bits per heavy atom. The maximum absolute atomic E-state index is 13.4. The number of nitrogens with one attached hydrogen (secondary N) is 1. The van der Waals surface area contributed by atoms with Crippen molar-refractivity contribution in [1.29, 1.82) is 0 Å². The highest BCUT2D eigenvalue weighted by molar-refractivity contribution is 5.38. The number of ether oxygens (including phenoxy) is 2. The van der Waals surface area contributed by atoms with Gasteiger partial charge in [-0.05, 0) is 12.6 Å². The molecule has 1 aromatic rings. The topological polar surface area (TPSA) is 30.5 Å². The second-order valence-electron chi connectivity index (χ2n) is 5.12. The minimum absolute atomic E-state index is 0.0540. The van der Waals surface area contributed by atoms with Crippen LogP contribution in [0.5, 0.6) is 5.75 Å². The zero-order valence-corrected chi connectivity index (χ0v) is 11.8. The molecule has 3 unspecified atom stereocenters. The van der Waals surface area contributed by atoms with E-state index in [0.717, 1.165) is 18.5 Å². The highest BCUT2D eigenvalue weighted by atomic mass is 19.1. The predicted octanol–water partition coefficient (Wildman–Crippen LogP) is 2.91. The average molecular weight is 267 g/mol. The van der Waals surface area contributed by atoms with Crippen LogP contribution < -0.4 is 10.1 Å². The first kappa shape index (κ1) is 14.3. The van der Waals surface area contributed by atoms with E-state index >= 15 is 0 Å². The summed E-state index contributed by atoms with van der Waals surface area (Å²) in [4.78, 5) is 0. The number of fused-ring (bicyclic) bond motifs is 1. The fraction of sp³-hybridized carbons (Fsp3) is 0.600. The molecule has 1 aromatic carbocycles. The lowest BCUT2D eigenvalue weighted by molar-refractivity contribution is 0.0500. The van der Waals surface area contributed by atoms with Crippen molar-refractivity contribution < 1.29 is 13.9 Å². The number of halogens is 1. The second-order valence-corrected chi connectivity index (χ2v) is 5.12. The Labute approximate surface area is 114 Å². The molecule has 106 valence electrons. The zero-order valence-electron chi connectivity index (χ0n) is 11.8. The molecule has 3 nitrogen and oxygen atoms in total. The summed E-state index contributed by atoms with van der Waals surface area (Å²) in [7, 11) is 1.69. The molecule has 0 aliphatic carbocycles. The highest BCUT2D eigenvalue weighted by Crippen LogP contribution is 2.37. The summed E-state index contributed by atoms with van der Waals surface area (Å²) in [5.74, 6) is 0.682. The minimum atomic E-state index is -0.256. The largest absolute Gasteiger partial charge is 0.490 e. The number of rotatable bonds is 5. The molecule has 0 fully saturated rings. The maximum atomic E-state index is 13.4. The Balaban J connectivity index is 2.23. The van der Waals surface area contributed by atoms with Gasteiger partial charge in [0.2, 0.25) is 0 Å². The first-order valence-electron chi connectivity index (χ1n) is 6.84. The van der Waals surface area contributed by atoms with Crippen LogP contribution in [-0.2, 0) is 4.74 Å². The molecule has 2 rings (SSSR count). The first-order chi connectivity index (χ1) is 9.15. The summed E-state index contributed by atoms with van der Waals surface area (Å²) in [6.45, 7) is 5.70. The van der Waals surface area contributed by atoms with E-state index in [1.165, 1.54) is 12.1 Å². The molecule has 1 aliphatic heterocycles. The van der Waals surface area contributed by atoms with Crippen LogP contribution in [-0.4, -0.2) is 26.4 Å². The average Bonchev–Trinajstić information content (AvgIpc) is 2.38. The Morgan fingerprint density at radius 3 is 3.00 bits per heavy atom. The van der Waals surface area contributed by atoms with Crippen molar-refractivity contribution in [3.05, 3.63) is 29.6 Å². The molecule has 0 spiro atoms. The lowest BCUT2D eigenvalue weighted by Crippen LogP contribution is -2.37. The van der Waals surface area contributed by atoms with Gasteiger partial charge in [0.15, 0.2) is 0 Å². The highest BCUT2D eigenvalue weighted by Gasteiger charge is 2.31. The maximum Gasteiger partial charge on any atom is 0.127 e. The summed E-state index contributed by atoms with van der Waals surface area (Å²) in [5, 5.41) is 3.44. The van der Waals surface area contributed by atoms with Gasteiger partial charge in [0, 0.05) is 37.1 Å². The molecular weight excluding hydrogens is 245 g/mol. The van der Waals surface area contributed by atoms with Crippen molar-refractivity contribution >= 4 is 0 Å². The predicted molar refractivity (Wildman–Crippen MR) is 72.9 cm³/mol. The molecule has 1 aliphatic rings. The van der Waals surface area contributed by atoms with Crippen LogP contribution in [0.2, 0.25) is 0 Å². The van der Waals surface area contributed by atoms with Gasteiger partial charge in [-0.15, -0.1) is 0 Å². The number of hydrogen-bond acceptors (Lipinski definition) is 3. The van der Waals surface area contributed by atoms with Crippen LogP contribution in [0.1, 0.15) is 31.9 Å². The van der Waals surface area contributed by atoms with E-state index in [1.807, 2.05) is 6.07 Å². The van der Waals surface area contributed by atoms with Gasteiger partial charge < -0.3 is 14.8 Å². The summed E-state index contributed by atoms with van der Waals surface area (Å²) < 4.78 is 24.5. The number of benzene rings is 1. The van der Waals surface area contributed by atoms with E-state index in [0.29, 0.717) is 12.4 Å². The second kappa shape index (κ2) is 6.35. The molecule has 1 N–H and O–H groups in total. The van der Waals surface area contributed by atoms with Gasteiger partial charge in [-0.25, -0.2) is 4.39 Å². The van der Waals surface area contributed by atoms with Crippen LogP contribution in [0.25, 0.3) is 0 Å². The van der Waals surface area contributed by atoms with Gasteiger partial charge in [0.25, 0.3) is 0 Å². The Morgan fingerprint density at radius 1 is 1.53 bits per heavy atom. The Hall–Kier alpha value is -1.13. The van der Waals surface area contributed by atoms with Crippen molar-refractivity contribution in [2.45, 2.75) is 32.4 Å². The number of methoxy groups -OCH3 is 1. The summed E-state index contributed by atoms with van der Waals surface area (Å²) in [6.07, 6.45) is 0.940. The number of hydrogen-bond donors (Lipinski definition) is 1. The lowest BCUT2D eigenvalue weighted by Gasteiger charge is -2.35. The van der Waals surface area contributed by atoms with Gasteiger partial charge >= 0.3 is 0 Å². The van der Waals surface area contributed by atoms with Gasteiger partial charge in [-0.3, -0.25) is 0 Å². The normalized spacial score (nSPS) is 23.6. The Kier molecular flexibility index (Phi) is 4.77. The van der Waals surface area contributed by atoms with Crippen molar-refractivity contribution in [2.75, 3.05) is 20.3 Å².